The molecular formula is C17H24N4O. The third-order valence-electron chi connectivity index (χ3n) is 3.47. The molecular weight excluding hydrogens is 276 g/mol. The Morgan fingerprint density at radius 2 is 2.00 bits per heavy atom. The standard InChI is InChI=1S/C17H24N4O/c1-17(2,3)21-16(18-4)11-15(20-21)9-8-13-6-5-7-14(10-13)19-12-22/h5-7,10-12,18H,8-9H2,1-4H3,(H,19,22). The van der Waals surface area contributed by atoms with Crippen LogP contribution in [0.25, 0.3) is 0 Å². The van der Waals surface area contributed by atoms with Gasteiger partial charge in [0.15, 0.2) is 0 Å². The summed E-state index contributed by atoms with van der Waals surface area (Å²) >= 11 is 0. The zero-order valence-corrected chi connectivity index (χ0v) is 13.7. The van der Waals surface area contributed by atoms with Gasteiger partial charge >= 0.3 is 0 Å². The van der Waals surface area contributed by atoms with Crippen LogP contribution in [0.3, 0.4) is 0 Å². The number of amides is 1. The van der Waals surface area contributed by atoms with Crippen LogP contribution >= 0.6 is 0 Å². The van der Waals surface area contributed by atoms with Crippen molar-refractivity contribution in [3.05, 3.63) is 41.6 Å². The fourth-order valence-electron chi connectivity index (χ4n) is 2.40. The molecule has 1 aromatic heterocycles. The fourth-order valence-corrected chi connectivity index (χ4v) is 2.40. The second-order valence-corrected chi connectivity index (χ2v) is 6.32. The molecule has 0 saturated heterocycles. The third-order valence-corrected chi connectivity index (χ3v) is 3.47. The summed E-state index contributed by atoms with van der Waals surface area (Å²) in [7, 11) is 1.91. The maximum atomic E-state index is 10.5. The summed E-state index contributed by atoms with van der Waals surface area (Å²) in [5.74, 6) is 1.03. The molecule has 5 heteroatoms. The molecule has 0 saturated carbocycles. The molecule has 0 aliphatic carbocycles. The van der Waals surface area contributed by atoms with Crippen LogP contribution < -0.4 is 10.6 Å². The van der Waals surface area contributed by atoms with Gasteiger partial charge in [-0.1, -0.05) is 12.1 Å². The smallest absolute Gasteiger partial charge is 0.211 e. The molecule has 118 valence electrons. The van der Waals surface area contributed by atoms with Gasteiger partial charge in [-0.15, -0.1) is 0 Å². The molecule has 22 heavy (non-hydrogen) atoms. The normalized spacial score (nSPS) is 11.3. The number of rotatable bonds is 6. The molecule has 1 amide bonds. The lowest BCUT2D eigenvalue weighted by atomic mass is 10.1. The van der Waals surface area contributed by atoms with E-state index < -0.39 is 0 Å². The molecule has 0 aliphatic rings. The van der Waals surface area contributed by atoms with Gasteiger partial charge < -0.3 is 10.6 Å². The molecule has 2 aromatic rings. The summed E-state index contributed by atoms with van der Waals surface area (Å²) in [5.41, 5.74) is 3.02. The van der Waals surface area contributed by atoms with Gasteiger partial charge in [0.2, 0.25) is 6.41 Å². The Morgan fingerprint density at radius 1 is 1.23 bits per heavy atom. The summed E-state index contributed by atoms with van der Waals surface area (Å²) in [6.45, 7) is 6.41. The number of aryl methyl sites for hydroxylation is 2. The highest BCUT2D eigenvalue weighted by molar-refractivity contribution is 5.71. The third kappa shape index (κ3) is 3.87. The number of nitrogens with zero attached hydrogens (tertiary/aromatic N) is 2. The molecule has 0 atom stereocenters. The minimum atomic E-state index is -0.0512. The van der Waals surface area contributed by atoms with Crippen LogP contribution in [0.2, 0.25) is 0 Å². The van der Waals surface area contributed by atoms with Gasteiger partial charge in [-0.3, -0.25) is 4.79 Å². The van der Waals surface area contributed by atoms with Crippen LogP contribution in [0.4, 0.5) is 11.5 Å². The topological polar surface area (TPSA) is 58.9 Å². The summed E-state index contributed by atoms with van der Waals surface area (Å²) in [6.07, 6.45) is 2.45. The van der Waals surface area contributed by atoms with E-state index in [1.165, 1.54) is 5.56 Å². The van der Waals surface area contributed by atoms with Crippen molar-refractivity contribution in [2.45, 2.75) is 39.2 Å². The highest BCUT2D eigenvalue weighted by Crippen LogP contribution is 2.22. The predicted molar refractivity (Wildman–Crippen MR) is 90.3 cm³/mol. The van der Waals surface area contributed by atoms with Crippen LogP contribution in [-0.4, -0.2) is 23.2 Å². The van der Waals surface area contributed by atoms with Gasteiger partial charge in [0, 0.05) is 18.8 Å². The molecule has 5 nitrogen and oxygen atoms in total. The fraction of sp³-hybridized carbons (Fsp3) is 0.412. The van der Waals surface area contributed by atoms with Crippen LogP contribution in [0.1, 0.15) is 32.0 Å². The molecule has 0 aliphatic heterocycles. The Kier molecular flexibility index (Phi) is 4.85. The highest BCUT2D eigenvalue weighted by Gasteiger charge is 2.18. The van der Waals surface area contributed by atoms with Gasteiger partial charge in [0.25, 0.3) is 0 Å². The van der Waals surface area contributed by atoms with Crippen molar-refractivity contribution < 1.29 is 4.79 Å². The van der Waals surface area contributed by atoms with Crippen molar-refractivity contribution in [2.75, 3.05) is 17.7 Å². The van der Waals surface area contributed by atoms with E-state index in [0.29, 0.717) is 6.41 Å². The van der Waals surface area contributed by atoms with Gasteiger partial charge in [0.05, 0.1) is 11.2 Å². The molecule has 2 rings (SSSR count). The highest BCUT2D eigenvalue weighted by atomic mass is 16.1. The number of hydrogen-bond donors (Lipinski definition) is 2. The van der Waals surface area contributed by atoms with E-state index in [0.717, 1.165) is 30.0 Å². The second kappa shape index (κ2) is 6.64. The van der Waals surface area contributed by atoms with Crippen LogP contribution in [0.15, 0.2) is 30.3 Å². The summed E-state index contributed by atoms with van der Waals surface area (Å²) in [5, 5.41) is 10.6. The Morgan fingerprint density at radius 3 is 2.59 bits per heavy atom. The molecule has 2 N–H and O–H groups in total. The van der Waals surface area contributed by atoms with Crippen molar-refractivity contribution in [1.82, 2.24) is 9.78 Å². The number of anilines is 2. The zero-order valence-electron chi connectivity index (χ0n) is 13.7. The van der Waals surface area contributed by atoms with Gasteiger partial charge in [-0.25, -0.2) is 4.68 Å². The van der Waals surface area contributed by atoms with E-state index in [4.69, 9.17) is 5.10 Å². The maximum absolute atomic E-state index is 10.5. The van der Waals surface area contributed by atoms with E-state index in [1.807, 2.05) is 29.9 Å². The predicted octanol–water partition coefficient (Wildman–Crippen LogP) is 3.03. The Bertz CT molecular complexity index is 640. The SMILES string of the molecule is CNc1cc(CCc2cccc(NC=O)c2)nn1C(C)(C)C. The molecule has 0 unspecified atom stereocenters. The first-order chi connectivity index (χ1) is 10.4. The van der Waals surface area contributed by atoms with E-state index in [-0.39, 0.29) is 5.54 Å². The van der Waals surface area contributed by atoms with Crippen molar-refractivity contribution in [2.24, 2.45) is 0 Å². The molecule has 1 heterocycles. The van der Waals surface area contributed by atoms with E-state index in [9.17, 15) is 4.79 Å². The van der Waals surface area contributed by atoms with Gasteiger partial charge in [-0.05, 0) is 51.3 Å². The van der Waals surface area contributed by atoms with E-state index in [2.05, 4.69) is 43.5 Å². The van der Waals surface area contributed by atoms with Crippen LogP contribution in [-0.2, 0) is 23.2 Å². The zero-order chi connectivity index (χ0) is 16.2. The summed E-state index contributed by atoms with van der Waals surface area (Å²) in [6, 6.07) is 9.99. The van der Waals surface area contributed by atoms with E-state index in [1.54, 1.807) is 0 Å². The average Bonchev–Trinajstić information content (AvgIpc) is 2.89. The Labute approximate surface area is 131 Å². The molecule has 0 bridgehead atoms. The number of benzene rings is 1. The first-order valence-corrected chi connectivity index (χ1v) is 7.50. The minimum absolute atomic E-state index is 0.0512. The lowest BCUT2D eigenvalue weighted by Gasteiger charge is -2.21. The number of nitrogens with one attached hydrogen (secondary N) is 2. The quantitative estimate of drug-likeness (QED) is 0.806. The second-order valence-electron chi connectivity index (χ2n) is 6.32. The van der Waals surface area contributed by atoms with Gasteiger partial charge in [0.1, 0.15) is 5.82 Å². The van der Waals surface area contributed by atoms with E-state index >= 15 is 0 Å². The number of carbonyl (C=O) groups excluding carboxylic acids is 1. The van der Waals surface area contributed by atoms with Crippen molar-refractivity contribution in [3.63, 3.8) is 0 Å². The summed E-state index contributed by atoms with van der Waals surface area (Å²) in [4.78, 5) is 10.5. The first kappa shape index (κ1) is 16.1. The largest absolute Gasteiger partial charge is 0.373 e. The van der Waals surface area contributed by atoms with Crippen molar-refractivity contribution in [1.29, 1.82) is 0 Å². The molecule has 0 radical (unpaired) electrons. The van der Waals surface area contributed by atoms with Gasteiger partial charge in [-0.2, -0.15) is 5.10 Å². The molecule has 1 aromatic carbocycles. The Hall–Kier alpha value is -2.30. The molecule has 0 spiro atoms. The molecule has 0 fully saturated rings. The number of carbonyl (C=O) groups is 1. The van der Waals surface area contributed by atoms with Crippen molar-refractivity contribution >= 4 is 17.9 Å². The Balaban J connectivity index is 2.10. The maximum Gasteiger partial charge on any atom is 0.211 e. The van der Waals surface area contributed by atoms with Crippen LogP contribution in [0, 0.1) is 0 Å². The number of hydrogen-bond acceptors (Lipinski definition) is 3. The van der Waals surface area contributed by atoms with Crippen molar-refractivity contribution in [3.8, 4) is 0 Å². The lowest BCUT2D eigenvalue weighted by molar-refractivity contribution is -0.105. The first-order valence-electron chi connectivity index (χ1n) is 7.50. The minimum Gasteiger partial charge on any atom is -0.373 e. The number of aromatic nitrogens is 2. The lowest BCUT2D eigenvalue weighted by Crippen LogP contribution is -2.24. The summed E-state index contributed by atoms with van der Waals surface area (Å²) < 4.78 is 2.02. The average molecular weight is 300 g/mol. The van der Waals surface area contributed by atoms with Crippen LogP contribution in [0.5, 0.6) is 0 Å². The monoisotopic (exact) mass is 300 g/mol.